The normalized spacial score (nSPS) is 10.8. The molecular formula is C23H18ClN3O2S. The third-order valence-corrected chi connectivity index (χ3v) is 4.87. The number of carbonyl (C=O) groups is 1. The highest BCUT2D eigenvalue weighted by atomic mass is 35.5. The molecule has 0 spiro atoms. The van der Waals surface area contributed by atoms with Crippen molar-refractivity contribution in [2.24, 2.45) is 0 Å². The zero-order valence-corrected chi connectivity index (χ0v) is 17.9. The van der Waals surface area contributed by atoms with Crippen molar-refractivity contribution in [1.82, 2.24) is 10.3 Å². The number of halogens is 1. The number of aromatic nitrogens is 1. The van der Waals surface area contributed by atoms with E-state index in [4.69, 9.17) is 28.2 Å². The summed E-state index contributed by atoms with van der Waals surface area (Å²) in [5.74, 6) is 0.223. The lowest BCUT2D eigenvalue weighted by molar-refractivity contribution is 0.0977. The van der Waals surface area contributed by atoms with Crippen molar-refractivity contribution in [2.45, 2.75) is 13.8 Å². The Bertz CT molecular complexity index is 1260. The number of fused-ring (bicyclic) bond motifs is 1. The van der Waals surface area contributed by atoms with E-state index in [0.29, 0.717) is 33.3 Å². The number of thiocarbonyl (C=S) groups is 1. The van der Waals surface area contributed by atoms with Crippen LogP contribution in [0.3, 0.4) is 0 Å². The Morgan fingerprint density at radius 2 is 1.80 bits per heavy atom. The van der Waals surface area contributed by atoms with Crippen molar-refractivity contribution in [3.05, 3.63) is 82.4 Å². The van der Waals surface area contributed by atoms with Crippen LogP contribution in [0.15, 0.2) is 65.1 Å². The van der Waals surface area contributed by atoms with E-state index < -0.39 is 0 Å². The highest BCUT2D eigenvalue weighted by Crippen LogP contribution is 2.27. The van der Waals surface area contributed by atoms with Crippen molar-refractivity contribution in [3.8, 4) is 11.5 Å². The van der Waals surface area contributed by atoms with E-state index in [9.17, 15) is 4.79 Å². The Morgan fingerprint density at radius 1 is 1.03 bits per heavy atom. The average molecular weight is 436 g/mol. The van der Waals surface area contributed by atoms with Crippen molar-refractivity contribution in [1.29, 1.82) is 0 Å². The zero-order chi connectivity index (χ0) is 21.3. The molecule has 4 rings (SSSR count). The number of anilines is 1. The first-order valence-corrected chi connectivity index (χ1v) is 10.0. The van der Waals surface area contributed by atoms with Gasteiger partial charge in [0.25, 0.3) is 5.91 Å². The summed E-state index contributed by atoms with van der Waals surface area (Å²) in [5, 5.41) is 6.54. The number of hydrogen-bond acceptors (Lipinski definition) is 4. The second-order valence-corrected chi connectivity index (χ2v) is 7.84. The van der Waals surface area contributed by atoms with Gasteiger partial charge >= 0.3 is 0 Å². The summed E-state index contributed by atoms with van der Waals surface area (Å²) in [7, 11) is 0. The number of nitrogens with zero attached hydrogens (tertiary/aromatic N) is 1. The van der Waals surface area contributed by atoms with Crippen molar-refractivity contribution < 1.29 is 9.21 Å². The Hall–Kier alpha value is -3.22. The van der Waals surface area contributed by atoms with Gasteiger partial charge in [-0.2, -0.15) is 0 Å². The molecule has 0 aliphatic heterocycles. The second-order valence-electron chi connectivity index (χ2n) is 7.00. The van der Waals surface area contributed by atoms with E-state index >= 15 is 0 Å². The minimum absolute atomic E-state index is 0.206. The summed E-state index contributed by atoms with van der Waals surface area (Å²) in [5.41, 5.74) is 5.40. The molecule has 7 heteroatoms. The molecule has 5 nitrogen and oxygen atoms in total. The van der Waals surface area contributed by atoms with Gasteiger partial charge in [-0.15, -0.1) is 0 Å². The molecule has 0 bridgehead atoms. The van der Waals surface area contributed by atoms with Gasteiger partial charge in [0.2, 0.25) is 5.89 Å². The number of amides is 1. The Kier molecular flexibility index (Phi) is 5.53. The van der Waals surface area contributed by atoms with Crippen LogP contribution in [0, 0.1) is 13.8 Å². The minimum Gasteiger partial charge on any atom is -0.436 e. The van der Waals surface area contributed by atoms with Crippen molar-refractivity contribution in [3.63, 3.8) is 0 Å². The van der Waals surface area contributed by atoms with E-state index in [1.165, 1.54) is 0 Å². The molecular weight excluding hydrogens is 418 g/mol. The summed E-state index contributed by atoms with van der Waals surface area (Å²) in [6.45, 7) is 3.90. The number of oxazole rings is 1. The molecule has 0 fully saturated rings. The van der Waals surface area contributed by atoms with E-state index in [1.807, 2.05) is 56.3 Å². The van der Waals surface area contributed by atoms with Crippen LogP contribution in [0.2, 0.25) is 5.02 Å². The number of hydrogen-bond donors (Lipinski definition) is 2. The molecule has 0 radical (unpaired) electrons. The highest BCUT2D eigenvalue weighted by molar-refractivity contribution is 7.80. The summed E-state index contributed by atoms with van der Waals surface area (Å²) < 4.78 is 5.81. The van der Waals surface area contributed by atoms with Gasteiger partial charge in [0.1, 0.15) is 5.52 Å². The van der Waals surface area contributed by atoms with Gasteiger partial charge in [-0.05, 0) is 74.6 Å². The summed E-state index contributed by atoms with van der Waals surface area (Å²) >= 11 is 11.3. The summed E-state index contributed by atoms with van der Waals surface area (Å²) in [6.07, 6.45) is 0. The quantitative estimate of drug-likeness (QED) is 0.392. The van der Waals surface area contributed by atoms with Gasteiger partial charge in [-0.1, -0.05) is 34.9 Å². The second kappa shape index (κ2) is 8.26. The molecule has 150 valence electrons. The van der Waals surface area contributed by atoms with Gasteiger partial charge in [0, 0.05) is 21.8 Å². The topological polar surface area (TPSA) is 67.2 Å². The number of aryl methyl sites for hydroxylation is 2. The molecule has 0 aliphatic carbocycles. The van der Waals surface area contributed by atoms with Crippen LogP contribution in [0.4, 0.5) is 5.69 Å². The molecule has 0 saturated carbocycles. The van der Waals surface area contributed by atoms with E-state index in [2.05, 4.69) is 15.6 Å². The molecule has 1 heterocycles. The van der Waals surface area contributed by atoms with Crippen LogP contribution < -0.4 is 10.6 Å². The third kappa shape index (κ3) is 4.50. The first-order chi connectivity index (χ1) is 14.4. The first kappa shape index (κ1) is 20.1. The fourth-order valence-corrected chi connectivity index (χ4v) is 3.59. The maximum absolute atomic E-state index is 12.5. The number of nitrogens with one attached hydrogen (secondary N) is 2. The molecule has 0 aliphatic rings. The standard InChI is InChI=1S/C23H18ClN3O2S/c1-13-8-14(2)10-16(9-13)21(28)27-23(30)25-18-6-7-20-19(12-18)26-22(29-20)15-4-3-5-17(24)11-15/h3-12H,1-2H3,(H2,25,27,28,30). The summed E-state index contributed by atoms with van der Waals surface area (Å²) in [6, 6.07) is 18.4. The lowest BCUT2D eigenvalue weighted by atomic mass is 10.1. The fraction of sp³-hybridized carbons (Fsp3) is 0.0870. The molecule has 1 aromatic heterocycles. The van der Waals surface area contributed by atoms with Crippen LogP contribution in [-0.4, -0.2) is 16.0 Å². The Morgan fingerprint density at radius 3 is 2.53 bits per heavy atom. The van der Waals surface area contributed by atoms with E-state index in [1.54, 1.807) is 18.2 Å². The van der Waals surface area contributed by atoms with Gasteiger partial charge in [0.15, 0.2) is 10.7 Å². The maximum Gasteiger partial charge on any atom is 0.257 e. The lowest BCUT2D eigenvalue weighted by Crippen LogP contribution is -2.34. The molecule has 0 unspecified atom stereocenters. The Balaban J connectivity index is 1.49. The molecule has 4 aromatic rings. The largest absolute Gasteiger partial charge is 0.436 e. The van der Waals surface area contributed by atoms with E-state index in [0.717, 1.165) is 16.7 Å². The molecule has 2 N–H and O–H groups in total. The lowest BCUT2D eigenvalue weighted by Gasteiger charge is -2.10. The predicted molar refractivity (Wildman–Crippen MR) is 124 cm³/mol. The highest BCUT2D eigenvalue weighted by Gasteiger charge is 2.12. The fourth-order valence-electron chi connectivity index (χ4n) is 3.19. The van der Waals surface area contributed by atoms with Crippen LogP contribution in [0.5, 0.6) is 0 Å². The van der Waals surface area contributed by atoms with Crippen LogP contribution >= 0.6 is 23.8 Å². The van der Waals surface area contributed by atoms with Crippen molar-refractivity contribution in [2.75, 3.05) is 5.32 Å². The number of carbonyl (C=O) groups excluding carboxylic acids is 1. The third-order valence-electron chi connectivity index (χ3n) is 4.43. The number of benzene rings is 3. The van der Waals surface area contributed by atoms with Crippen molar-refractivity contribution >= 4 is 51.6 Å². The SMILES string of the molecule is Cc1cc(C)cc(C(=O)NC(=S)Nc2ccc3oc(-c4cccc(Cl)c4)nc3c2)c1. The van der Waals surface area contributed by atoms with Gasteiger partial charge < -0.3 is 9.73 Å². The first-order valence-electron chi connectivity index (χ1n) is 9.24. The zero-order valence-electron chi connectivity index (χ0n) is 16.3. The molecule has 0 atom stereocenters. The van der Waals surface area contributed by atoms with Crippen LogP contribution in [0.1, 0.15) is 21.5 Å². The maximum atomic E-state index is 12.5. The smallest absolute Gasteiger partial charge is 0.257 e. The predicted octanol–water partition coefficient (Wildman–Crippen LogP) is 5.89. The molecule has 0 saturated heterocycles. The summed E-state index contributed by atoms with van der Waals surface area (Å²) in [4.78, 5) is 17.0. The monoisotopic (exact) mass is 435 g/mol. The van der Waals surface area contributed by atoms with Gasteiger partial charge in [-0.3, -0.25) is 10.1 Å². The van der Waals surface area contributed by atoms with Gasteiger partial charge in [0.05, 0.1) is 0 Å². The number of rotatable bonds is 3. The minimum atomic E-state index is -0.259. The molecule has 1 amide bonds. The molecule has 30 heavy (non-hydrogen) atoms. The Labute approximate surface area is 184 Å². The average Bonchev–Trinajstić information content (AvgIpc) is 3.10. The van der Waals surface area contributed by atoms with Crippen LogP contribution in [-0.2, 0) is 0 Å². The van der Waals surface area contributed by atoms with E-state index in [-0.39, 0.29) is 11.0 Å². The van der Waals surface area contributed by atoms with Gasteiger partial charge in [-0.25, -0.2) is 4.98 Å². The van der Waals surface area contributed by atoms with Crippen LogP contribution in [0.25, 0.3) is 22.6 Å². The molecule has 3 aromatic carbocycles.